The molecule has 0 spiro atoms. The van der Waals surface area contributed by atoms with E-state index in [2.05, 4.69) is 5.32 Å². The number of nitrogens with two attached hydrogens (primary N) is 1. The fraction of sp³-hybridized carbons (Fsp3) is 0.474. The van der Waals surface area contributed by atoms with Gasteiger partial charge in [-0.3, -0.25) is 19.2 Å². The molecule has 4 N–H and O–H groups in total. The Bertz CT molecular complexity index is 663. The second kappa shape index (κ2) is 10.4. The summed E-state index contributed by atoms with van der Waals surface area (Å²) in [5.41, 5.74) is 6.39. The normalized spacial score (nSPS) is 14.1. The Morgan fingerprint density at radius 1 is 1.22 bits per heavy atom. The van der Waals surface area contributed by atoms with Crippen LogP contribution in [0.5, 0.6) is 0 Å². The van der Waals surface area contributed by atoms with Crippen LogP contribution in [0, 0.1) is 5.92 Å². The van der Waals surface area contributed by atoms with Gasteiger partial charge >= 0.3 is 5.97 Å². The second-order valence-corrected chi connectivity index (χ2v) is 6.71. The van der Waals surface area contributed by atoms with Gasteiger partial charge in [0.1, 0.15) is 12.1 Å². The molecule has 0 fully saturated rings. The molecule has 0 aliphatic rings. The molecule has 8 heteroatoms. The average molecular weight is 376 g/mol. The van der Waals surface area contributed by atoms with Gasteiger partial charge in [-0.05, 0) is 11.5 Å². The van der Waals surface area contributed by atoms with E-state index in [4.69, 9.17) is 10.8 Å². The number of hydrogen-bond acceptors (Lipinski definition) is 5. The standard InChI is InChI=1S/C19H26N3O5/c1-12(2)16(11-23)22(3)19(27)15(9-13-7-5-4-6-8-13)21-18(26)14(20)10-17(24)25/h4-8,12,14-16H,9-10,20H2,1-3H3,(H,21,26)(H,24,25)/t14-,15-,16-/m1/s1. The van der Waals surface area contributed by atoms with Crippen LogP contribution in [-0.4, -0.2) is 59.2 Å². The van der Waals surface area contributed by atoms with Crippen LogP contribution in [0.2, 0.25) is 0 Å². The maximum atomic E-state index is 12.9. The highest BCUT2D eigenvalue weighted by Crippen LogP contribution is 2.12. The number of nitrogens with zero attached hydrogens (tertiary/aromatic N) is 1. The summed E-state index contributed by atoms with van der Waals surface area (Å²) in [6, 6.07) is 6.00. The van der Waals surface area contributed by atoms with E-state index >= 15 is 0 Å². The lowest BCUT2D eigenvalue weighted by atomic mass is 10.0. The minimum atomic E-state index is -1.28. The van der Waals surface area contributed by atoms with E-state index in [1.165, 1.54) is 11.9 Å². The molecule has 147 valence electrons. The summed E-state index contributed by atoms with van der Waals surface area (Å²) in [6.45, 7) is 3.57. The van der Waals surface area contributed by atoms with E-state index in [-0.39, 0.29) is 12.3 Å². The number of hydrogen-bond donors (Lipinski definition) is 3. The molecule has 0 aliphatic carbocycles. The van der Waals surface area contributed by atoms with Crippen molar-refractivity contribution in [3.05, 3.63) is 35.9 Å². The van der Waals surface area contributed by atoms with Crippen molar-refractivity contribution in [1.82, 2.24) is 10.2 Å². The van der Waals surface area contributed by atoms with Crippen LogP contribution in [0.25, 0.3) is 0 Å². The van der Waals surface area contributed by atoms with Crippen molar-refractivity contribution in [2.75, 3.05) is 7.05 Å². The van der Waals surface area contributed by atoms with Crippen molar-refractivity contribution in [3.8, 4) is 0 Å². The van der Waals surface area contributed by atoms with Gasteiger partial charge in [0, 0.05) is 13.5 Å². The van der Waals surface area contributed by atoms with Gasteiger partial charge in [-0.2, -0.15) is 0 Å². The van der Waals surface area contributed by atoms with Crippen molar-refractivity contribution in [2.45, 2.75) is 44.8 Å². The van der Waals surface area contributed by atoms with Gasteiger partial charge in [-0.15, -0.1) is 0 Å². The van der Waals surface area contributed by atoms with E-state index < -0.39 is 42.3 Å². The van der Waals surface area contributed by atoms with E-state index in [1.54, 1.807) is 38.1 Å². The largest absolute Gasteiger partial charge is 0.481 e. The molecule has 0 bridgehead atoms. The predicted molar refractivity (Wildman–Crippen MR) is 99.4 cm³/mol. The van der Waals surface area contributed by atoms with Crippen molar-refractivity contribution < 1.29 is 24.3 Å². The highest BCUT2D eigenvalue weighted by molar-refractivity contribution is 5.92. The lowest BCUT2D eigenvalue weighted by molar-refractivity contribution is -0.140. The molecule has 0 heterocycles. The van der Waals surface area contributed by atoms with Gasteiger partial charge in [0.05, 0.1) is 12.5 Å². The van der Waals surface area contributed by atoms with Crippen molar-refractivity contribution in [3.63, 3.8) is 0 Å². The quantitative estimate of drug-likeness (QED) is 0.531. The van der Waals surface area contributed by atoms with Gasteiger partial charge in [-0.25, -0.2) is 0 Å². The average Bonchev–Trinajstić information content (AvgIpc) is 2.60. The number of nitrogens with one attached hydrogen (secondary N) is 1. The summed E-state index contributed by atoms with van der Waals surface area (Å²) in [4.78, 5) is 48.4. The first kappa shape index (κ1) is 22.3. The number of carbonyl (C=O) groups is 3. The van der Waals surface area contributed by atoms with Crippen LogP contribution in [0.1, 0.15) is 25.8 Å². The number of carboxylic acid groups (broad SMARTS) is 1. The first-order valence-corrected chi connectivity index (χ1v) is 8.63. The Kier molecular flexibility index (Phi) is 8.61. The number of carbonyl (C=O) groups excluding carboxylic acids is 3. The molecular formula is C19H26N3O5. The summed E-state index contributed by atoms with van der Waals surface area (Å²) < 4.78 is 0. The number of likely N-dealkylation sites (N-methyl/N-ethyl adjacent to an activating group) is 1. The minimum absolute atomic E-state index is 0.154. The zero-order valence-corrected chi connectivity index (χ0v) is 15.7. The van der Waals surface area contributed by atoms with Crippen molar-refractivity contribution in [2.24, 2.45) is 11.7 Å². The topological polar surface area (TPSA) is 130 Å². The summed E-state index contributed by atoms with van der Waals surface area (Å²) in [5, 5.41) is 11.3. The Morgan fingerprint density at radius 3 is 2.30 bits per heavy atom. The van der Waals surface area contributed by atoms with Crippen molar-refractivity contribution in [1.29, 1.82) is 0 Å². The minimum Gasteiger partial charge on any atom is -0.481 e. The molecule has 0 unspecified atom stereocenters. The molecule has 3 atom stereocenters. The lowest BCUT2D eigenvalue weighted by Gasteiger charge is -2.30. The fourth-order valence-corrected chi connectivity index (χ4v) is 2.65. The number of rotatable bonds is 10. The summed E-state index contributed by atoms with van der Waals surface area (Å²) in [5.74, 6) is -2.58. The molecule has 0 saturated heterocycles. The third kappa shape index (κ3) is 6.82. The molecule has 8 nitrogen and oxygen atoms in total. The zero-order valence-electron chi connectivity index (χ0n) is 15.7. The molecule has 27 heavy (non-hydrogen) atoms. The first-order valence-electron chi connectivity index (χ1n) is 8.63. The monoisotopic (exact) mass is 376 g/mol. The molecule has 0 aromatic heterocycles. The van der Waals surface area contributed by atoms with Crippen LogP contribution in [0.15, 0.2) is 30.3 Å². The number of aliphatic carboxylic acids is 1. The van der Waals surface area contributed by atoms with Gasteiger partial charge in [0.15, 0.2) is 0 Å². The van der Waals surface area contributed by atoms with Crippen molar-refractivity contribution >= 4 is 24.1 Å². The summed E-state index contributed by atoms with van der Waals surface area (Å²) >= 11 is 0. The van der Waals surface area contributed by atoms with Crippen LogP contribution in [-0.2, 0) is 25.6 Å². The van der Waals surface area contributed by atoms with Gasteiger partial charge < -0.3 is 21.1 Å². The zero-order chi connectivity index (χ0) is 20.6. The number of benzene rings is 1. The lowest BCUT2D eigenvalue weighted by Crippen LogP contribution is -2.55. The summed E-state index contributed by atoms with van der Waals surface area (Å²) in [6.07, 6.45) is 1.47. The Labute approximate surface area is 158 Å². The van der Waals surface area contributed by atoms with Crippen LogP contribution in [0.3, 0.4) is 0 Å². The maximum Gasteiger partial charge on any atom is 0.305 e. The Morgan fingerprint density at radius 2 is 1.81 bits per heavy atom. The van der Waals surface area contributed by atoms with E-state index in [0.29, 0.717) is 0 Å². The molecule has 1 aromatic rings. The first-order chi connectivity index (χ1) is 12.7. The Hall–Kier alpha value is -2.74. The highest BCUT2D eigenvalue weighted by atomic mass is 16.4. The van der Waals surface area contributed by atoms with E-state index in [9.17, 15) is 19.2 Å². The van der Waals surface area contributed by atoms with Crippen LogP contribution >= 0.6 is 0 Å². The molecule has 0 aliphatic heterocycles. The molecule has 1 rings (SSSR count). The third-order valence-electron chi connectivity index (χ3n) is 4.15. The maximum absolute atomic E-state index is 12.9. The number of carboxylic acids is 1. The molecule has 1 aromatic carbocycles. The SMILES string of the molecule is CC(C)[C@@H]([C]=O)N(C)C(=O)[C@@H](Cc1ccccc1)NC(=O)[C@H](N)CC(=O)O. The number of amides is 2. The van der Waals surface area contributed by atoms with Crippen LogP contribution in [0.4, 0.5) is 0 Å². The summed E-state index contributed by atoms with van der Waals surface area (Å²) in [7, 11) is 1.47. The van der Waals surface area contributed by atoms with Gasteiger partial charge in [0.2, 0.25) is 18.1 Å². The van der Waals surface area contributed by atoms with Gasteiger partial charge in [-0.1, -0.05) is 44.2 Å². The highest BCUT2D eigenvalue weighted by Gasteiger charge is 2.31. The van der Waals surface area contributed by atoms with Gasteiger partial charge in [0.25, 0.3) is 0 Å². The molecule has 0 saturated carbocycles. The van der Waals surface area contributed by atoms with E-state index in [0.717, 1.165) is 5.56 Å². The predicted octanol–water partition coefficient (Wildman–Crippen LogP) is 0.109. The fourth-order valence-electron chi connectivity index (χ4n) is 2.65. The Balaban J connectivity index is 3.02. The third-order valence-corrected chi connectivity index (χ3v) is 4.15. The smallest absolute Gasteiger partial charge is 0.305 e. The molecule has 2 amide bonds. The van der Waals surface area contributed by atoms with E-state index in [1.807, 2.05) is 12.4 Å². The molecule has 1 radical (unpaired) electrons. The second-order valence-electron chi connectivity index (χ2n) is 6.71. The van der Waals surface area contributed by atoms with Crippen LogP contribution < -0.4 is 11.1 Å². The molecular weight excluding hydrogens is 350 g/mol.